The van der Waals surface area contributed by atoms with Gasteiger partial charge in [-0.15, -0.1) is 0 Å². The van der Waals surface area contributed by atoms with Crippen LogP contribution >= 0.6 is 0 Å². The van der Waals surface area contributed by atoms with Crippen molar-refractivity contribution in [2.45, 2.75) is 20.3 Å². The van der Waals surface area contributed by atoms with Gasteiger partial charge in [0.15, 0.2) is 5.89 Å². The fraction of sp³-hybridized carbons (Fsp3) is 0.286. The highest BCUT2D eigenvalue weighted by Gasteiger charge is 2.19. The van der Waals surface area contributed by atoms with Crippen LogP contribution < -0.4 is 0 Å². The van der Waals surface area contributed by atoms with Crippen LogP contribution in [-0.4, -0.2) is 16.1 Å². The summed E-state index contributed by atoms with van der Waals surface area (Å²) in [7, 11) is 0. The van der Waals surface area contributed by atoms with E-state index in [-0.39, 0.29) is 0 Å². The van der Waals surface area contributed by atoms with E-state index in [0.29, 0.717) is 18.1 Å². The second-order valence-corrected chi connectivity index (χ2v) is 4.31. The second kappa shape index (κ2) is 5.04. The molecule has 18 heavy (non-hydrogen) atoms. The Kier molecular flexibility index (Phi) is 3.46. The number of carboxylic acids is 1. The Hall–Kier alpha value is -2.10. The van der Waals surface area contributed by atoms with Crippen LogP contribution in [0.2, 0.25) is 0 Å². The molecule has 1 N–H and O–H groups in total. The summed E-state index contributed by atoms with van der Waals surface area (Å²) in [6.45, 7) is 3.43. The maximum atomic E-state index is 10.9. The number of aliphatic carboxylic acids is 1. The van der Waals surface area contributed by atoms with Crippen LogP contribution in [-0.2, 0) is 11.2 Å². The van der Waals surface area contributed by atoms with Gasteiger partial charge in [-0.25, -0.2) is 4.98 Å². The monoisotopic (exact) mass is 245 g/mol. The first-order valence-corrected chi connectivity index (χ1v) is 5.82. The molecule has 0 spiro atoms. The summed E-state index contributed by atoms with van der Waals surface area (Å²) in [5, 5.41) is 8.95. The second-order valence-electron chi connectivity index (χ2n) is 4.31. The summed E-state index contributed by atoms with van der Waals surface area (Å²) >= 11 is 0. The number of hydrogen-bond donors (Lipinski definition) is 1. The molecule has 94 valence electrons. The van der Waals surface area contributed by atoms with E-state index in [4.69, 9.17) is 9.52 Å². The summed E-state index contributed by atoms with van der Waals surface area (Å²) in [6.07, 6.45) is 0.348. The van der Waals surface area contributed by atoms with Crippen molar-refractivity contribution in [1.29, 1.82) is 0 Å². The first-order valence-electron chi connectivity index (χ1n) is 5.82. The van der Waals surface area contributed by atoms with Crippen LogP contribution in [0.25, 0.3) is 11.3 Å². The molecule has 0 saturated carbocycles. The quantitative estimate of drug-likeness (QED) is 0.899. The van der Waals surface area contributed by atoms with Crippen LogP contribution in [0.5, 0.6) is 0 Å². The van der Waals surface area contributed by atoms with Crippen molar-refractivity contribution >= 4 is 5.97 Å². The Bertz CT molecular complexity index is 545. The lowest BCUT2D eigenvalue weighted by Crippen LogP contribution is -2.12. The molecule has 0 saturated heterocycles. The molecule has 1 unspecified atom stereocenters. The lowest BCUT2D eigenvalue weighted by atomic mass is 10.0. The molecule has 1 heterocycles. The number of benzene rings is 1. The minimum Gasteiger partial charge on any atom is -0.481 e. The van der Waals surface area contributed by atoms with Crippen LogP contribution in [0.4, 0.5) is 0 Å². The number of carboxylic acid groups (broad SMARTS) is 1. The van der Waals surface area contributed by atoms with Gasteiger partial charge in [0.05, 0.1) is 5.92 Å². The van der Waals surface area contributed by atoms with Gasteiger partial charge < -0.3 is 9.52 Å². The Balaban J connectivity index is 2.34. The molecule has 0 amide bonds. The number of hydrogen-bond acceptors (Lipinski definition) is 3. The highest BCUT2D eigenvalue weighted by atomic mass is 16.4. The summed E-state index contributed by atoms with van der Waals surface area (Å²) < 4.78 is 5.52. The minimum atomic E-state index is -0.830. The fourth-order valence-corrected chi connectivity index (χ4v) is 1.79. The summed E-state index contributed by atoms with van der Waals surface area (Å²) in [5.41, 5.74) is 1.68. The molecule has 1 atom stereocenters. The fourth-order valence-electron chi connectivity index (χ4n) is 1.79. The van der Waals surface area contributed by atoms with Crippen molar-refractivity contribution in [3.63, 3.8) is 0 Å². The lowest BCUT2D eigenvalue weighted by molar-refractivity contribution is -0.141. The number of aromatic nitrogens is 1. The maximum Gasteiger partial charge on any atom is 0.306 e. The molecular weight excluding hydrogens is 230 g/mol. The molecule has 0 aliphatic rings. The topological polar surface area (TPSA) is 63.3 Å². The number of oxazole rings is 1. The van der Waals surface area contributed by atoms with Crippen molar-refractivity contribution in [3.05, 3.63) is 42.0 Å². The minimum absolute atomic E-state index is 0.348. The molecule has 2 rings (SSSR count). The van der Waals surface area contributed by atoms with Gasteiger partial charge in [0, 0.05) is 18.9 Å². The van der Waals surface area contributed by atoms with Gasteiger partial charge in [0.1, 0.15) is 11.5 Å². The van der Waals surface area contributed by atoms with Gasteiger partial charge in [0.2, 0.25) is 0 Å². The van der Waals surface area contributed by atoms with E-state index in [0.717, 1.165) is 11.3 Å². The Morgan fingerprint density at radius 1 is 1.39 bits per heavy atom. The summed E-state index contributed by atoms with van der Waals surface area (Å²) in [4.78, 5) is 15.2. The zero-order chi connectivity index (χ0) is 13.1. The highest BCUT2D eigenvalue weighted by Crippen LogP contribution is 2.25. The Morgan fingerprint density at radius 2 is 2.06 bits per heavy atom. The van der Waals surface area contributed by atoms with Gasteiger partial charge in [-0.2, -0.15) is 0 Å². The third-order valence-corrected chi connectivity index (χ3v) is 2.76. The SMILES string of the molecule is Cc1nc(-c2ccccc2)c(CC(C)C(=O)O)o1. The van der Waals surface area contributed by atoms with E-state index >= 15 is 0 Å². The van der Waals surface area contributed by atoms with Crippen LogP contribution in [0, 0.1) is 12.8 Å². The molecule has 4 heteroatoms. The van der Waals surface area contributed by atoms with E-state index in [1.807, 2.05) is 30.3 Å². The third-order valence-electron chi connectivity index (χ3n) is 2.76. The largest absolute Gasteiger partial charge is 0.481 e. The number of nitrogens with zero attached hydrogens (tertiary/aromatic N) is 1. The summed E-state index contributed by atoms with van der Waals surface area (Å²) in [6, 6.07) is 9.64. The standard InChI is InChI=1S/C14H15NO3/c1-9(14(16)17)8-12-13(15-10(2)18-12)11-6-4-3-5-7-11/h3-7,9H,8H2,1-2H3,(H,16,17). The molecule has 1 aromatic carbocycles. The van der Waals surface area contributed by atoms with Gasteiger partial charge >= 0.3 is 5.97 Å². The van der Waals surface area contributed by atoms with Crippen molar-refractivity contribution in [1.82, 2.24) is 4.98 Å². The Morgan fingerprint density at radius 3 is 2.67 bits per heavy atom. The predicted octanol–water partition coefficient (Wildman–Crippen LogP) is 2.91. The first kappa shape index (κ1) is 12.4. The number of aryl methyl sites for hydroxylation is 1. The highest BCUT2D eigenvalue weighted by molar-refractivity contribution is 5.70. The molecule has 0 bridgehead atoms. The van der Waals surface area contributed by atoms with Crippen LogP contribution in [0.3, 0.4) is 0 Å². The molecule has 4 nitrogen and oxygen atoms in total. The Labute approximate surface area is 105 Å². The zero-order valence-corrected chi connectivity index (χ0v) is 10.4. The van der Waals surface area contributed by atoms with E-state index in [1.54, 1.807) is 13.8 Å². The molecule has 2 aromatic rings. The van der Waals surface area contributed by atoms with Crippen molar-refractivity contribution < 1.29 is 14.3 Å². The third kappa shape index (κ3) is 2.59. The molecule has 0 aliphatic heterocycles. The van der Waals surface area contributed by atoms with Crippen LogP contribution in [0.15, 0.2) is 34.7 Å². The van der Waals surface area contributed by atoms with Gasteiger partial charge in [0.25, 0.3) is 0 Å². The van der Waals surface area contributed by atoms with E-state index < -0.39 is 11.9 Å². The molecule has 0 aliphatic carbocycles. The zero-order valence-electron chi connectivity index (χ0n) is 10.4. The average Bonchev–Trinajstić information content (AvgIpc) is 2.71. The van der Waals surface area contributed by atoms with Gasteiger partial charge in [-0.05, 0) is 0 Å². The molecule has 0 fully saturated rings. The number of rotatable bonds is 4. The normalized spacial score (nSPS) is 12.3. The van der Waals surface area contributed by atoms with E-state index in [2.05, 4.69) is 4.98 Å². The van der Waals surface area contributed by atoms with Crippen molar-refractivity contribution in [2.75, 3.05) is 0 Å². The first-order chi connectivity index (χ1) is 8.58. The molecule has 0 radical (unpaired) electrons. The van der Waals surface area contributed by atoms with E-state index in [1.165, 1.54) is 0 Å². The summed E-state index contributed by atoms with van der Waals surface area (Å²) in [5.74, 6) is -0.127. The predicted molar refractivity (Wildman–Crippen MR) is 67.2 cm³/mol. The molecule has 1 aromatic heterocycles. The van der Waals surface area contributed by atoms with Crippen molar-refractivity contribution in [2.24, 2.45) is 5.92 Å². The lowest BCUT2D eigenvalue weighted by Gasteiger charge is -2.05. The average molecular weight is 245 g/mol. The smallest absolute Gasteiger partial charge is 0.306 e. The van der Waals surface area contributed by atoms with Gasteiger partial charge in [-0.1, -0.05) is 37.3 Å². The number of carbonyl (C=O) groups is 1. The van der Waals surface area contributed by atoms with E-state index in [9.17, 15) is 4.79 Å². The van der Waals surface area contributed by atoms with Gasteiger partial charge in [-0.3, -0.25) is 4.79 Å². The maximum absolute atomic E-state index is 10.9. The van der Waals surface area contributed by atoms with Crippen molar-refractivity contribution in [3.8, 4) is 11.3 Å². The van der Waals surface area contributed by atoms with Crippen LogP contribution in [0.1, 0.15) is 18.6 Å². The molecular formula is C14H15NO3.